The smallest absolute Gasteiger partial charge is 0.309 e. The van der Waals surface area contributed by atoms with Crippen LogP contribution in [0.25, 0.3) is 0 Å². The molecule has 1 aromatic rings. The molecule has 0 saturated heterocycles. The lowest BCUT2D eigenvalue weighted by atomic mass is 9.93. The summed E-state index contributed by atoms with van der Waals surface area (Å²) in [6, 6.07) is 4.16. The molecule has 1 aromatic carbocycles. The summed E-state index contributed by atoms with van der Waals surface area (Å²) >= 11 is 0. The Labute approximate surface area is 129 Å². The molecule has 0 aliphatic rings. The fourth-order valence-corrected chi connectivity index (χ4v) is 3.68. The summed E-state index contributed by atoms with van der Waals surface area (Å²) < 4.78 is 65.5. The Morgan fingerprint density at radius 1 is 1.14 bits per heavy atom. The lowest BCUT2D eigenvalue weighted by Crippen LogP contribution is -2.40. The van der Waals surface area contributed by atoms with Gasteiger partial charge < -0.3 is 4.90 Å². The van der Waals surface area contributed by atoms with Crippen LogP contribution in [0.5, 0.6) is 0 Å². The molecule has 0 heterocycles. The second-order valence-electron chi connectivity index (χ2n) is 6.22. The van der Waals surface area contributed by atoms with Crippen LogP contribution in [0.3, 0.4) is 0 Å². The summed E-state index contributed by atoms with van der Waals surface area (Å²) in [6.07, 6.45) is -4.72. The average Bonchev–Trinajstić information content (AvgIpc) is 2.34. The maximum absolute atomic E-state index is 12.9. The topological polar surface area (TPSA) is 49.4 Å². The number of hydrogen-bond acceptors (Lipinski definition) is 3. The zero-order valence-corrected chi connectivity index (χ0v) is 13.8. The average molecular weight is 338 g/mol. The van der Waals surface area contributed by atoms with Crippen molar-refractivity contribution in [1.29, 1.82) is 0 Å². The van der Waals surface area contributed by atoms with Crippen molar-refractivity contribution in [3.8, 4) is 0 Å². The first-order valence-electron chi connectivity index (χ1n) is 6.66. The maximum atomic E-state index is 12.9. The van der Waals surface area contributed by atoms with E-state index in [1.807, 2.05) is 32.8 Å². The first kappa shape index (κ1) is 18.9. The molecule has 0 unspecified atom stereocenters. The third-order valence-electron chi connectivity index (χ3n) is 2.97. The van der Waals surface area contributed by atoms with E-state index in [4.69, 9.17) is 0 Å². The van der Waals surface area contributed by atoms with Gasteiger partial charge in [-0.1, -0.05) is 26.0 Å². The number of sulfonamides is 1. The van der Waals surface area contributed by atoms with E-state index < -0.39 is 32.1 Å². The molecular weight excluding hydrogens is 317 g/mol. The van der Waals surface area contributed by atoms with Crippen LogP contribution in [0, 0.1) is 5.41 Å². The highest BCUT2D eigenvalue weighted by molar-refractivity contribution is 7.89. The predicted molar refractivity (Wildman–Crippen MR) is 79.0 cm³/mol. The number of benzene rings is 1. The highest BCUT2D eigenvalue weighted by atomic mass is 32.2. The first-order chi connectivity index (χ1) is 9.85. The third-order valence-corrected chi connectivity index (χ3v) is 4.43. The Hall–Kier alpha value is -1.12. The van der Waals surface area contributed by atoms with Crippen molar-refractivity contribution >= 4 is 10.0 Å². The van der Waals surface area contributed by atoms with Crippen LogP contribution in [0.1, 0.15) is 19.4 Å². The minimum Gasteiger partial charge on any atom is -0.309 e. The van der Waals surface area contributed by atoms with Gasteiger partial charge in [-0.2, -0.15) is 13.2 Å². The molecule has 0 aliphatic heterocycles. The number of nitrogens with zero attached hydrogens (tertiary/aromatic N) is 1. The number of nitrogens with one attached hydrogen (secondary N) is 1. The van der Waals surface area contributed by atoms with Gasteiger partial charge in [-0.15, -0.1) is 0 Å². The Morgan fingerprint density at radius 3 is 2.18 bits per heavy atom. The molecule has 0 aromatic heterocycles. The quantitative estimate of drug-likeness (QED) is 0.867. The molecule has 22 heavy (non-hydrogen) atoms. The van der Waals surface area contributed by atoms with Gasteiger partial charge in [0, 0.05) is 13.1 Å². The molecule has 0 fully saturated rings. The molecule has 0 radical (unpaired) electrons. The van der Waals surface area contributed by atoms with Gasteiger partial charge in [0.25, 0.3) is 0 Å². The van der Waals surface area contributed by atoms with Crippen molar-refractivity contribution in [2.24, 2.45) is 5.41 Å². The van der Waals surface area contributed by atoms with Gasteiger partial charge in [-0.25, -0.2) is 13.1 Å². The molecule has 0 amide bonds. The van der Waals surface area contributed by atoms with Crippen molar-refractivity contribution in [1.82, 2.24) is 9.62 Å². The van der Waals surface area contributed by atoms with Gasteiger partial charge in [0.05, 0.1) is 10.5 Å². The van der Waals surface area contributed by atoms with Gasteiger partial charge in [-0.05, 0) is 31.6 Å². The SMILES string of the molecule is CN(C)CC(C)(C)CNS(=O)(=O)c1ccccc1C(F)(F)F. The molecule has 0 spiro atoms. The molecule has 4 nitrogen and oxygen atoms in total. The molecule has 8 heteroatoms. The highest BCUT2D eigenvalue weighted by Gasteiger charge is 2.37. The number of alkyl halides is 3. The van der Waals surface area contributed by atoms with Crippen LogP contribution < -0.4 is 4.72 Å². The van der Waals surface area contributed by atoms with E-state index in [0.29, 0.717) is 6.54 Å². The van der Waals surface area contributed by atoms with Gasteiger partial charge in [0.15, 0.2) is 0 Å². The van der Waals surface area contributed by atoms with E-state index in [0.717, 1.165) is 18.2 Å². The number of hydrogen-bond donors (Lipinski definition) is 1. The van der Waals surface area contributed by atoms with E-state index in [-0.39, 0.29) is 6.54 Å². The normalized spacial score (nSPS) is 13.6. The second-order valence-corrected chi connectivity index (χ2v) is 7.96. The zero-order chi connectivity index (χ0) is 17.2. The molecule has 0 saturated carbocycles. The molecule has 1 N–H and O–H groups in total. The fourth-order valence-electron chi connectivity index (χ4n) is 2.22. The highest BCUT2D eigenvalue weighted by Crippen LogP contribution is 2.34. The van der Waals surface area contributed by atoms with Crippen molar-refractivity contribution in [3.63, 3.8) is 0 Å². The monoisotopic (exact) mass is 338 g/mol. The van der Waals surface area contributed by atoms with Crippen LogP contribution in [-0.4, -0.2) is 40.5 Å². The van der Waals surface area contributed by atoms with E-state index in [9.17, 15) is 21.6 Å². The van der Waals surface area contributed by atoms with Crippen LogP contribution in [0.2, 0.25) is 0 Å². The number of rotatable bonds is 6. The van der Waals surface area contributed by atoms with Crippen LogP contribution in [-0.2, 0) is 16.2 Å². The van der Waals surface area contributed by atoms with Gasteiger partial charge in [-0.3, -0.25) is 0 Å². The van der Waals surface area contributed by atoms with Crippen LogP contribution in [0.4, 0.5) is 13.2 Å². The summed E-state index contributed by atoms with van der Waals surface area (Å²) in [7, 11) is -0.547. The molecule has 126 valence electrons. The van der Waals surface area contributed by atoms with Crippen molar-refractivity contribution in [2.75, 3.05) is 27.2 Å². The van der Waals surface area contributed by atoms with Gasteiger partial charge in [0.1, 0.15) is 0 Å². The molecule has 1 rings (SSSR count). The Morgan fingerprint density at radius 2 is 1.68 bits per heavy atom. The van der Waals surface area contributed by atoms with Crippen molar-refractivity contribution < 1.29 is 21.6 Å². The van der Waals surface area contributed by atoms with Crippen LogP contribution in [0.15, 0.2) is 29.2 Å². The third kappa shape index (κ3) is 5.26. The predicted octanol–water partition coefficient (Wildman–Crippen LogP) is 2.57. The molecular formula is C14H21F3N2O2S. The Balaban J connectivity index is 3.02. The van der Waals surface area contributed by atoms with E-state index in [2.05, 4.69) is 4.72 Å². The largest absolute Gasteiger partial charge is 0.417 e. The molecule has 0 bridgehead atoms. The Bertz CT molecular complexity index is 611. The van der Waals surface area contributed by atoms with Crippen molar-refractivity contribution in [2.45, 2.75) is 24.9 Å². The van der Waals surface area contributed by atoms with E-state index >= 15 is 0 Å². The van der Waals surface area contributed by atoms with Gasteiger partial charge in [0.2, 0.25) is 10.0 Å². The van der Waals surface area contributed by atoms with Crippen LogP contribution >= 0.6 is 0 Å². The summed E-state index contributed by atoms with van der Waals surface area (Å²) in [5.74, 6) is 0. The van der Waals surface area contributed by atoms with Gasteiger partial charge >= 0.3 is 6.18 Å². The lowest BCUT2D eigenvalue weighted by molar-refractivity contribution is -0.139. The molecule has 0 atom stereocenters. The summed E-state index contributed by atoms with van der Waals surface area (Å²) in [6.45, 7) is 4.31. The second kappa shape index (κ2) is 6.55. The van der Waals surface area contributed by atoms with E-state index in [1.165, 1.54) is 6.07 Å². The minimum absolute atomic E-state index is 0.0414. The summed E-state index contributed by atoms with van der Waals surface area (Å²) in [5, 5.41) is 0. The minimum atomic E-state index is -4.72. The molecule has 0 aliphatic carbocycles. The number of halogens is 3. The van der Waals surface area contributed by atoms with E-state index in [1.54, 1.807) is 0 Å². The first-order valence-corrected chi connectivity index (χ1v) is 8.14. The summed E-state index contributed by atoms with van der Waals surface area (Å²) in [4.78, 5) is 1.14. The lowest BCUT2D eigenvalue weighted by Gasteiger charge is -2.28. The fraction of sp³-hybridized carbons (Fsp3) is 0.571. The van der Waals surface area contributed by atoms with Crippen molar-refractivity contribution in [3.05, 3.63) is 29.8 Å². The standard InChI is InChI=1S/C14H21F3N2O2S/c1-13(2,10-19(3)4)9-18-22(20,21)12-8-6-5-7-11(12)14(15,16)17/h5-8,18H,9-10H2,1-4H3. The Kier molecular flexibility index (Phi) is 5.64. The maximum Gasteiger partial charge on any atom is 0.417 e. The zero-order valence-electron chi connectivity index (χ0n) is 13.0. The summed E-state index contributed by atoms with van der Waals surface area (Å²) in [5.41, 5.74) is -1.57.